The molecule has 0 heterocycles. The lowest BCUT2D eigenvalue weighted by atomic mass is 10.1. The Hall–Kier alpha value is 0.440. The summed E-state index contributed by atoms with van der Waals surface area (Å²) in [6.07, 6.45) is 14.3. The Morgan fingerprint density at radius 1 is 0.857 bits per heavy atom. The van der Waals surface area contributed by atoms with Crippen LogP contribution in [0.15, 0.2) is 10.3 Å². The van der Waals surface area contributed by atoms with Gasteiger partial charge in [-0.2, -0.15) is 0 Å². The normalized spacial score (nSPS) is 10.2. The minimum Gasteiger partial charge on any atom is -0.137 e. The van der Waals surface area contributed by atoms with Gasteiger partial charge in [-0.15, -0.1) is 25.3 Å². The lowest BCUT2D eigenvalue weighted by molar-refractivity contribution is 0.577. The van der Waals surface area contributed by atoms with Crippen LogP contribution in [0.5, 0.6) is 0 Å². The lowest BCUT2D eigenvalue weighted by Gasteiger charge is -1.99. The molecule has 84 valence electrons. The average molecular weight is 232 g/mol. The van der Waals surface area contributed by atoms with E-state index in [1.54, 1.807) is 0 Å². The molecule has 0 N–H and O–H groups in total. The van der Waals surface area contributed by atoms with Crippen LogP contribution in [0.4, 0.5) is 0 Å². The molecule has 0 aliphatic carbocycles. The fourth-order valence-electron chi connectivity index (χ4n) is 1.51. The summed E-state index contributed by atoms with van der Waals surface area (Å²) in [4.78, 5) is 0. The van der Waals surface area contributed by atoms with Crippen LogP contribution in [-0.2, 0) is 0 Å². The van der Waals surface area contributed by atoms with E-state index < -0.39 is 0 Å². The number of hydrogen-bond acceptors (Lipinski definition) is 2. The first-order valence-corrected chi connectivity index (χ1v) is 6.75. The number of thiol groups is 2. The van der Waals surface area contributed by atoms with Crippen molar-refractivity contribution in [2.45, 2.75) is 64.7 Å². The van der Waals surface area contributed by atoms with Gasteiger partial charge in [-0.3, -0.25) is 0 Å². The van der Waals surface area contributed by atoms with Gasteiger partial charge in [-0.25, -0.2) is 0 Å². The minimum absolute atomic E-state index is 0.855. The van der Waals surface area contributed by atoms with Crippen molar-refractivity contribution in [1.82, 2.24) is 0 Å². The highest BCUT2D eigenvalue weighted by atomic mass is 32.2. The maximum absolute atomic E-state index is 4.11. The Balaban J connectivity index is 2.96. The molecule has 0 aromatic carbocycles. The van der Waals surface area contributed by atoms with E-state index in [-0.39, 0.29) is 0 Å². The molecule has 0 aromatic heterocycles. The van der Waals surface area contributed by atoms with Gasteiger partial charge in [0.1, 0.15) is 0 Å². The summed E-state index contributed by atoms with van der Waals surface area (Å²) in [6.45, 7) is 2.26. The summed E-state index contributed by atoms with van der Waals surface area (Å²) >= 11 is 8.21. The minimum atomic E-state index is 0.855. The van der Waals surface area contributed by atoms with Crippen molar-refractivity contribution in [2.75, 3.05) is 0 Å². The first-order chi connectivity index (χ1) is 6.77. The molecule has 0 aliphatic heterocycles. The molecule has 14 heavy (non-hydrogen) atoms. The van der Waals surface area contributed by atoms with Gasteiger partial charge in [0.05, 0.1) is 0 Å². The van der Waals surface area contributed by atoms with Crippen LogP contribution in [0.3, 0.4) is 0 Å². The van der Waals surface area contributed by atoms with Crippen LogP contribution in [0, 0.1) is 0 Å². The molecule has 0 rings (SSSR count). The molecule has 0 amide bonds. The zero-order valence-corrected chi connectivity index (χ0v) is 11.1. The second-order valence-corrected chi connectivity index (χ2v) is 5.14. The molecule has 0 aromatic rings. The van der Waals surface area contributed by atoms with E-state index in [0.717, 1.165) is 10.7 Å². The second kappa shape index (κ2) is 11.5. The van der Waals surface area contributed by atoms with E-state index in [9.17, 15) is 0 Å². The van der Waals surface area contributed by atoms with Gasteiger partial charge in [-0.05, 0) is 12.8 Å². The highest BCUT2D eigenvalue weighted by Gasteiger charge is 1.90. The van der Waals surface area contributed by atoms with Crippen LogP contribution in [0.25, 0.3) is 0 Å². The molecule has 2 heteroatoms. The third-order valence-electron chi connectivity index (χ3n) is 2.38. The number of rotatable bonds is 9. The molecule has 0 radical (unpaired) electrons. The van der Waals surface area contributed by atoms with E-state index in [2.05, 4.69) is 38.3 Å². The molecule has 0 bridgehead atoms. The van der Waals surface area contributed by atoms with Crippen LogP contribution < -0.4 is 0 Å². The molecule has 0 atom stereocenters. The van der Waals surface area contributed by atoms with Gasteiger partial charge in [-0.1, -0.05) is 57.9 Å². The Bertz CT molecular complexity index is 137. The van der Waals surface area contributed by atoms with Crippen molar-refractivity contribution in [3.8, 4) is 0 Å². The monoisotopic (exact) mass is 232 g/mol. The molecule has 0 saturated carbocycles. The van der Waals surface area contributed by atoms with Gasteiger partial charge in [0.25, 0.3) is 0 Å². The van der Waals surface area contributed by atoms with Gasteiger partial charge < -0.3 is 0 Å². The van der Waals surface area contributed by atoms with Crippen molar-refractivity contribution < 1.29 is 0 Å². The van der Waals surface area contributed by atoms with Gasteiger partial charge in [0, 0.05) is 4.24 Å². The van der Waals surface area contributed by atoms with Gasteiger partial charge in [0.15, 0.2) is 0 Å². The zero-order chi connectivity index (χ0) is 10.6. The molecular weight excluding hydrogens is 208 g/mol. The average Bonchev–Trinajstić information content (AvgIpc) is 2.15. The summed E-state index contributed by atoms with van der Waals surface area (Å²) < 4.78 is 0.855. The third kappa shape index (κ3) is 12.4. The quantitative estimate of drug-likeness (QED) is 0.395. The van der Waals surface area contributed by atoms with Crippen molar-refractivity contribution in [1.29, 1.82) is 0 Å². The van der Waals surface area contributed by atoms with Crippen LogP contribution in [-0.4, -0.2) is 0 Å². The number of unbranched alkanes of at least 4 members (excludes halogenated alkanes) is 8. The van der Waals surface area contributed by atoms with Crippen molar-refractivity contribution in [3.63, 3.8) is 0 Å². The topological polar surface area (TPSA) is 0 Å². The summed E-state index contributed by atoms with van der Waals surface area (Å²) in [6, 6.07) is 0. The summed E-state index contributed by atoms with van der Waals surface area (Å²) in [5.74, 6) is 0. The predicted molar refractivity (Wildman–Crippen MR) is 73.3 cm³/mol. The van der Waals surface area contributed by atoms with Crippen molar-refractivity contribution in [3.05, 3.63) is 10.3 Å². The van der Waals surface area contributed by atoms with Crippen molar-refractivity contribution in [2.24, 2.45) is 0 Å². The zero-order valence-electron chi connectivity index (χ0n) is 9.34. The van der Waals surface area contributed by atoms with Crippen LogP contribution in [0.2, 0.25) is 0 Å². The standard InChI is InChI=1S/C12H24S2/c1-2-3-4-5-6-7-8-9-10-11-12(13)14/h11,13-14H,2-10H2,1H3. The first kappa shape index (κ1) is 14.4. The number of hydrogen-bond donors (Lipinski definition) is 2. The summed E-state index contributed by atoms with van der Waals surface area (Å²) in [5.41, 5.74) is 0. The summed E-state index contributed by atoms with van der Waals surface area (Å²) in [7, 11) is 0. The third-order valence-corrected chi connectivity index (χ3v) is 2.75. The fraction of sp³-hybridized carbons (Fsp3) is 0.833. The van der Waals surface area contributed by atoms with E-state index in [1.807, 2.05) is 0 Å². The van der Waals surface area contributed by atoms with E-state index in [0.29, 0.717) is 0 Å². The maximum atomic E-state index is 4.11. The fourth-order valence-corrected chi connectivity index (χ4v) is 1.77. The van der Waals surface area contributed by atoms with Crippen molar-refractivity contribution >= 4 is 25.3 Å². The first-order valence-electron chi connectivity index (χ1n) is 5.85. The highest BCUT2D eigenvalue weighted by molar-refractivity contribution is 8.05. The molecule has 0 unspecified atom stereocenters. The molecule has 0 aliphatic rings. The van der Waals surface area contributed by atoms with Crippen LogP contribution >= 0.6 is 25.3 Å². The summed E-state index contributed by atoms with van der Waals surface area (Å²) in [5, 5.41) is 0. The highest BCUT2D eigenvalue weighted by Crippen LogP contribution is 2.12. The Kier molecular flexibility index (Phi) is 11.9. The molecule has 0 fully saturated rings. The SMILES string of the molecule is CCCCCCCCCCC=C(S)S. The molecule has 0 nitrogen and oxygen atoms in total. The van der Waals surface area contributed by atoms with Crippen LogP contribution in [0.1, 0.15) is 64.7 Å². The predicted octanol–water partition coefficient (Wildman–Crippen LogP) is 5.22. The molecule has 0 spiro atoms. The second-order valence-electron chi connectivity index (χ2n) is 3.83. The van der Waals surface area contributed by atoms with E-state index >= 15 is 0 Å². The number of allylic oxidation sites excluding steroid dienone is 1. The Labute approximate surface area is 100 Å². The van der Waals surface area contributed by atoms with Gasteiger partial charge in [0.2, 0.25) is 0 Å². The smallest absolute Gasteiger partial charge is 0.0299 e. The Morgan fingerprint density at radius 2 is 1.36 bits per heavy atom. The maximum Gasteiger partial charge on any atom is 0.0299 e. The van der Waals surface area contributed by atoms with E-state index in [1.165, 1.54) is 51.4 Å². The molecular formula is C12H24S2. The Morgan fingerprint density at radius 3 is 1.86 bits per heavy atom. The lowest BCUT2D eigenvalue weighted by Crippen LogP contribution is -1.79. The largest absolute Gasteiger partial charge is 0.137 e. The molecule has 0 saturated heterocycles. The van der Waals surface area contributed by atoms with Gasteiger partial charge >= 0.3 is 0 Å². The van der Waals surface area contributed by atoms with E-state index in [4.69, 9.17) is 0 Å².